The van der Waals surface area contributed by atoms with E-state index in [1.807, 2.05) is 57.2 Å². The average molecular weight is 617 g/mol. The van der Waals surface area contributed by atoms with E-state index in [0.29, 0.717) is 12.3 Å². The van der Waals surface area contributed by atoms with Crippen LogP contribution in [0.3, 0.4) is 0 Å². The second-order valence-electron chi connectivity index (χ2n) is 10.6. The van der Waals surface area contributed by atoms with Gasteiger partial charge in [0.05, 0.1) is 31.7 Å². The monoisotopic (exact) mass is 616 g/mol. The molecule has 1 saturated heterocycles. The first-order valence-corrected chi connectivity index (χ1v) is 16.8. The smallest absolute Gasteiger partial charge is 0.409 e. The summed E-state index contributed by atoms with van der Waals surface area (Å²) in [7, 11) is -3.72. The minimum absolute atomic E-state index is 0.114. The molecule has 3 rings (SSSR count). The molecule has 0 spiro atoms. The lowest BCUT2D eigenvalue weighted by Crippen LogP contribution is -2.57. The van der Waals surface area contributed by atoms with Crippen molar-refractivity contribution >= 4 is 25.5 Å². The Kier molecular flexibility index (Phi) is 13.2. The SMILES string of the molecule is CCCCOC(=O)N1CCN(C(=O)[C@H](CP(=O)(OCC)OCC)NC(=O)c2cc(C(C)C)cc(-c3ccccc3)n2)CC1. The molecule has 0 aliphatic carbocycles. The first-order chi connectivity index (χ1) is 20.6. The molecule has 43 heavy (non-hydrogen) atoms. The van der Waals surface area contributed by atoms with E-state index in [4.69, 9.17) is 13.8 Å². The normalized spacial score (nSPS) is 14.5. The maximum Gasteiger partial charge on any atom is 0.409 e. The van der Waals surface area contributed by atoms with Crippen LogP contribution in [0.25, 0.3) is 11.3 Å². The molecule has 1 aliphatic rings. The maximum absolute atomic E-state index is 13.8. The van der Waals surface area contributed by atoms with Crippen LogP contribution in [0.15, 0.2) is 42.5 Å². The number of unbranched alkanes of at least 4 members (excludes halogenated alkanes) is 1. The van der Waals surface area contributed by atoms with Gasteiger partial charge in [-0.1, -0.05) is 57.5 Å². The van der Waals surface area contributed by atoms with Crippen LogP contribution in [0.2, 0.25) is 0 Å². The van der Waals surface area contributed by atoms with E-state index in [0.717, 1.165) is 24.0 Å². The van der Waals surface area contributed by atoms with Crippen molar-refractivity contribution < 1.29 is 32.7 Å². The summed E-state index contributed by atoms with van der Waals surface area (Å²) in [6, 6.07) is 12.0. The van der Waals surface area contributed by atoms with Gasteiger partial charge in [0.1, 0.15) is 11.7 Å². The van der Waals surface area contributed by atoms with E-state index in [2.05, 4.69) is 10.3 Å². The van der Waals surface area contributed by atoms with Crippen molar-refractivity contribution in [2.24, 2.45) is 0 Å². The van der Waals surface area contributed by atoms with Gasteiger partial charge in [0.2, 0.25) is 5.91 Å². The Morgan fingerprint density at radius 3 is 2.16 bits per heavy atom. The molecule has 3 amide bonds. The highest BCUT2D eigenvalue weighted by atomic mass is 31.2. The molecule has 2 heterocycles. The van der Waals surface area contributed by atoms with Crippen molar-refractivity contribution in [1.29, 1.82) is 0 Å². The van der Waals surface area contributed by atoms with Gasteiger partial charge in [-0.15, -0.1) is 0 Å². The summed E-state index contributed by atoms with van der Waals surface area (Å²) < 4.78 is 29.8. The van der Waals surface area contributed by atoms with Crippen molar-refractivity contribution in [2.45, 2.75) is 59.4 Å². The molecule has 1 aliphatic heterocycles. The highest BCUT2D eigenvalue weighted by molar-refractivity contribution is 7.54. The fourth-order valence-electron chi connectivity index (χ4n) is 4.66. The molecular weight excluding hydrogens is 571 g/mol. The number of benzene rings is 1. The van der Waals surface area contributed by atoms with Crippen LogP contribution in [0, 0.1) is 0 Å². The first kappa shape index (κ1) is 34.2. The predicted molar refractivity (Wildman–Crippen MR) is 165 cm³/mol. The molecule has 1 N–H and O–H groups in total. The Balaban J connectivity index is 1.85. The summed E-state index contributed by atoms with van der Waals surface area (Å²) in [4.78, 5) is 47.6. The molecule has 236 valence electrons. The van der Waals surface area contributed by atoms with Crippen LogP contribution in [0.5, 0.6) is 0 Å². The van der Waals surface area contributed by atoms with Gasteiger partial charge in [-0.2, -0.15) is 0 Å². The highest BCUT2D eigenvalue weighted by Crippen LogP contribution is 2.48. The summed E-state index contributed by atoms with van der Waals surface area (Å²) in [5.74, 6) is -0.887. The molecule has 1 fully saturated rings. The zero-order valence-electron chi connectivity index (χ0n) is 25.9. The summed E-state index contributed by atoms with van der Waals surface area (Å²) in [6.07, 6.45) is 0.954. The van der Waals surface area contributed by atoms with Crippen molar-refractivity contribution in [3.05, 3.63) is 53.7 Å². The van der Waals surface area contributed by atoms with Crippen LogP contribution in [0.4, 0.5) is 4.79 Å². The lowest BCUT2D eigenvalue weighted by atomic mass is 10.00. The number of hydrogen-bond donors (Lipinski definition) is 1. The third-order valence-electron chi connectivity index (χ3n) is 7.05. The van der Waals surface area contributed by atoms with Crippen LogP contribution < -0.4 is 5.32 Å². The van der Waals surface area contributed by atoms with Crippen LogP contribution in [0.1, 0.15) is 69.4 Å². The van der Waals surface area contributed by atoms with Gasteiger partial charge in [0.25, 0.3) is 5.91 Å². The van der Waals surface area contributed by atoms with Gasteiger partial charge in [-0.05, 0) is 43.9 Å². The van der Waals surface area contributed by atoms with Gasteiger partial charge >= 0.3 is 13.7 Å². The number of pyridine rings is 1. The number of piperazine rings is 1. The fourth-order valence-corrected chi connectivity index (χ4v) is 6.43. The van der Waals surface area contributed by atoms with Crippen molar-refractivity contribution in [1.82, 2.24) is 20.1 Å². The minimum Gasteiger partial charge on any atom is -0.449 e. The largest absolute Gasteiger partial charge is 0.449 e. The Labute approximate surface area is 254 Å². The summed E-state index contributed by atoms with van der Waals surface area (Å²) in [6.45, 7) is 11.1. The minimum atomic E-state index is -3.72. The summed E-state index contributed by atoms with van der Waals surface area (Å²) in [5, 5.41) is 2.79. The molecule has 0 unspecified atom stereocenters. The topological polar surface area (TPSA) is 127 Å². The number of aromatic nitrogens is 1. The third kappa shape index (κ3) is 9.88. The van der Waals surface area contributed by atoms with E-state index < -0.39 is 31.5 Å². The number of carbonyl (C=O) groups excluding carboxylic acids is 3. The summed E-state index contributed by atoms with van der Waals surface area (Å²) in [5.41, 5.74) is 2.55. The zero-order valence-corrected chi connectivity index (χ0v) is 26.8. The van der Waals surface area contributed by atoms with Gasteiger partial charge in [-0.3, -0.25) is 14.2 Å². The highest BCUT2D eigenvalue weighted by Gasteiger charge is 2.37. The summed E-state index contributed by atoms with van der Waals surface area (Å²) >= 11 is 0. The molecular formula is C31H45N4O7P. The number of amides is 3. The van der Waals surface area contributed by atoms with E-state index in [1.54, 1.807) is 29.7 Å². The zero-order chi connectivity index (χ0) is 31.4. The van der Waals surface area contributed by atoms with Crippen molar-refractivity contribution in [3.63, 3.8) is 0 Å². The molecule has 1 aromatic carbocycles. The predicted octanol–water partition coefficient (Wildman–Crippen LogP) is 5.32. The molecule has 1 aromatic heterocycles. The number of carbonyl (C=O) groups is 3. The van der Waals surface area contributed by atoms with Gasteiger partial charge in [0.15, 0.2) is 0 Å². The maximum atomic E-state index is 13.8. The molecule has 11 nitrogen and oxygen atoms in total. The van der Waals surface area contributed by atoms with Gasteiger partial charge in [0, 0.05) is 31.7 Å². The number of hydrogen-bond acceptors (Lipinski definition) is 8. The van der Waals surface area contributed by atoms with Crippen molar-refractivity contribution in [3.8, 4) is 11.3 Å². The molecule has 0 bridgehead atoms. The van der Waals surface area contributed by atoms with Gasteiger partial charge < -0.3 is 28.9 Å². The molecule has 0 saturated carbocycles. The van der Waals surface area contributed by atoms with Gasteiger partial charge in [-0.25, -0.2) is 9.78 Å². The Morgan fingerprint density at radius 2 is 1.58 bits per heavy atom. The van der Waals surface area contributed by atoms with E-state index >= 15 is 0 Å². The lowest BCUT2D eigenvalue weighted by Gasteiger charge is -2.36. The standard InChI is InChI=1S/C31H45N4O7P/c1-6-9-19-40-31(38)35-17-15-34(16-18-35)30(37)28(22-43(39,41-7-2)42-8-3)33-29(36)27-21-25(23(4)5)20-26(32-27)24-13-11-10-12-14-24/h10-14,20-21,23,28H,6-9,15-19,22H2,1-5H3,(H,33,36)/t28-/m0/s1. The number of ether oxygens (including phenoxy) is 1. The quantitative estimate of drug-likeness (QED) is 0.223. The first-order valence-electron chi connectivity index (χ1n) is 15.1. The molecule has 1 atom stereocenters. The molecule has 12 heteroatoms. The van der Waals surface area contributed by atoms with Crippen LogP contribution >= 0.6 is 7.60 Å². The van der Waals surface area contributed by atoms with E-state index in [1.165, 1.54) is 0 Å². The Bertz CT molecular complexity index is 1260. The Hall–Kier alpha value is -3.27. The average Bonchev–Trinajstić information content (AvgIpc) is 3.00. The number of nitrogens with one attached hydrogen (secondary N) is 1. The number of rotatable bonds is 14. The van der Waals surface area contributed by atoms with E-state index in [-0.39, 0.29) is 57.2 Å². The van der Waals surface area contributed by atoms with Crippen molar-refractivity contribution in [2.75, 3.05) is 52.2 Å². The second-order valence-corrected chi connectivity index (χ2v) is 12.7. The molecule has 0 radical (unpaired) electrons. The number of nitrogens with zero attached hydrogens (tertiary/aromatic N) is 3. The third-order valence-corrected chi connectivity index (χ3v) is 9.17. The van der Waals surface area contributed by atoms with Crippen LogP contribution in [-0.2, 0) is 23.1 Å². The fraction of sp³-hybridized carbons (Fsp3) is 0.548. The van der Waals surface area contributed by atoms with Crippen LogP contribution in [-0.4, -0.2) is 90.9 Å². The molecule has 2 aromatic rings. The second kappa shape index (κ2) is 16.5. The lowest BCUT2D eigenvalue weighted by molar-refractivity contribution is -0.134. The van der Waals surface area contributed by atoms with E-state index in [9.17, 15) is 18.9 Å². The Morgan fingerprint density at radius 1 is 0.953 bits per heavy atom.